The first kappa shape index (κ1) is 26.6. The highest BCUT2D eigenvalue weighted by molar-refractivity contribution is 7.86. The summed E-state index contributed by atoms with van der Waals surface area (Å²) in [6, 6.07) is 1.87. The number of allylic oxidation sites excluding steroid dienone is 1. The fraction of sp³-hybridized carbons (Fsp3) is 0.458. The average Bonchev–Trinajstić information content (AvgIpc) is 2.74. The van der Waals surface area contributed by atoms with Crippen molar-refractivity contribution in [1.29, 1.82) is 0 Å². The smallest absolute Gasteiger partial charge is 0.306 e. The summed E-state index contributed by atoms with van der Waals surface area (Å²) < 4.78 is 28.9. The second kappa shape index (κ2) is 8.57. The van der Waals surface area contributed by atoms with E-state index in [4.69, 9.17) is 9.92 Å². The number of benzene rings is 1. The van der Waals surface area contributed by atoms with Crippen LogP contribution in [0.4, 0.5) is 5.69 Å². The minimum absolute atomic E-state index is 0.0181. The third-order valence-corrected chi connectivity index (χ3v) is 7.77. The molecule has 1 aromatic carbocycles. The molecule has 5 N–H and O–H groups in total. The van der Waals surface area contributed by atoms with Gasteiger partial charge in [-0.25, -0.2) is 0 Å². The van der Waals surface area contributed by atoms with Crippen LogP contribution >= 0.6 is 0 Å². The molecular weight excluding hydrogens is 506 g/mol. The van der Waals surface area contributed by atoms with Crippen molar-refractivity contribution in [3.05, 3.63) is 45.9 Å². The van der Waals surface area contributed by atoms with Gasteiger partial charge in [0.1, 0.15) is 17.1 Å². The van der Waals surface area contributed by atoms with E-state index in [-0.39, 0.29) is 29.7 Å². The summed E-state index contributed by atoms with van der Waals surface area (Å²) in [5.74, 6) is -7.06. The second-order valence-corrected chi connectivity index (χ2v) is 11.7. The quantitative estimate of drug-likeness (QED) is 0.289. The lowest BCUT2D eigenvalue weighted by molar-refractivity contribution is -0.148. The summed E-state index contributed by atoms with van der Waals surface area (Å²) in [5, 5.41) is 33.8. The Morgan fingerprint density at radius 1 is 1.16 bits per heavy atom. The van der Waals surface area contributed by atoms with Gasteiger partial charge in [0.15, 0.2) is 17.1 Å². The maximum Gasteiger partial charge on any atom is 0.306 e. The Morgan fingerprint density at radius 3 is 2.30 bits per heavy atom. The topological polar surface area (TPSA) is 188 Å². The van der Waals surface area contributed by atoms with Crippen LogP contribution in [0.25, 0.3) is 0 Å². The van der Waals surface area contributed by atoms with Gasteiger partial charge in [0.05, 0.1) is 17.9 Å². The van der Waals surface area contributed by atoms with Crippen LogP contribution in [0.1, 0.15) is 22.3 Å². The molecule has 0 unspecified atom stereocenters. The maximum atomic E-state index is 13.9. The number of hydrogen-bond donors (Lipinski definition) is 4. The van der Waals surface area contributed by atoms with E-state index in [0.29, 0.717) is 11.3 Å². The number of likely N-dealkylation sites (N-methyl/N-ethyl adjacent to an activating group) is 1. The number of primary amides is 1. The summed E-state index contributed by atoms with van der Waals surface area (Å²) in [7, 11) is 2.59. The predicted octanol–water partition coefficient (Wildman–Crippen LogP) is -0.181. The van der Waals surface area contributed by atoms with Crippen LogP contribution < -0.4 is 14.8 Å². The number of aliphatic hydroxyl groups excluding tert-OH is 2. The van der Waals surface area contributed by atoms with Crippen LogP contribution in [-0.2, 0) is 26.1 Å². The molecule has 0 radical (unpaired) electrons. The molecule has 37 heavy (non-hydrogen) atoms. The number of anilines is 1. The lowest BCUT2D eigenvalue weighted by Crippen LogP contribution is -2.63. The van der Waals surface area contributed by atoms with E-state index in [1.807, 2.05) is 0 Å². The third kappa shape index (κ3) is 3.88. The number of carbonyl (C=O) groups is 3. The van der Waals surface area contributed by atoms with E-state index in [0.717, 1.165) is 6.26 Å². The van der Waals surface area contributed by atoms with Gasteiger partial charge in [0.2, 0.25) is 5.78 Å². The van der Waals surface area contributed by atoms with E-state index in [2.05, 4.69) is 0 Å². The molecule has 0 aromatic heterocycles. The zero-order valence-corrected chi connectivity index (χ0v) is 21.8. The highest BCUT2D eigenvalue weighted by atomic mass is 32.2. The van der Waals surface area contributed by atoms with Gasteiger partial charge < -0.3 is 30.1 Å². The second-order valence-electron chi connectivity index (χ2n) is 10.1. The largest absolute Gasteiger partial charge is 0.510 e. The molecule has 1 amide bonds. The number of carbonyl (C=O) groups excluding carboxylic acids is 3. The predicted molar refractivity (Wildman–Crippen MR) is 132 cm³/mol. The van der Waals surface area contributed by atoms with E-state index in [9.17, 15) is 38.1 Å². The van der Waals surface area contributed by atoms with Crippen molar-refractivity contribution in [3.8, 4) is 5.75 Å². The molecule has 1 aromatic rings. The molecule has 13 heteroatoms. The van der Waals surface area contributed by atoms with Gasteiger partial charge in [0.25, 0.3) is 5.91 Å². The molecule has 0 aliphatic heterocycles. The van der Waals surface area contributed by atoms with Crippen molar-refractivity contribution in [3.63, 3.8) is 0 Å². The van der Waals surface area contributed by atoms with E-state index >= 15 is 0 Å². The van der Waals surface area contributed by atoms with E-state index in [1.165, 1.54) is 11.0 Å². The molecule has 3 aliphatic carbocycles. The molecule has 200 valence electrons. The van der Waals surface area contributed by atoms with Gasteiger partial charge in [0, 0.05) is 31.3 Å². The molecule has 0 saturated heterocycles. The van der Waals surface area contributed by atoms with Crippen LogP contribution in [0.3, 0.4) is 0 Å². The number of Topliss-reactive ketones (excluding diaryl/α,β-unsaturated/α-hetero) is 2. The summed E-state index contributed by atoms with van der Waals surface area (Å²) in [4.78, 5) is 42.5. The van der Waals surface area contributed by atoms with Gasteiger partial charge in [-0.2, -0.15) is 8.42 Å². The molecule has 0 bridgehead atoms. The SMILES string of the molecule is CN(C)c1ccc(OS(C)(=O)=O)c2c1C[C@H]1C[C@H]3[C@H](N(C)C)C(O)=C(C(N)=O)C(=O)[C@@]3(O)C(O)=C1C2=O. The Bertz CT molecular complexity index is 1410. The van der Waals surface area contributed by atoms with Gasteiger partial charge >= 0.3 is 10.1 Å². The highest BCUT2D eigenvalue weighted by Gasteiger charge is 2.63. The van der Waals surface area contributed by atoms with E-state index < -0.39 is 68.2 Å². The first-order chi connectivity index (χ1) is 17.0. The summed E-state index contributed by atoms with van der Waals surface area (Å²) in [5.41, 5.74) is 2.45. The van der Waals surface area contributed by atoms with Crippen molar-refractivity contribution in [1.82, 2.24) is 4.90 Å². The van der Waals surface area contributed by atoms with Crippen LogP contribution in [0, 0.1) is 11.8 Å². The van der Waals surface area contributed by atoms with Gasteiger partial charge in [-0.05, 0) is 50.6 Å². The monoisotopic (exact) mass is 535 g/mol. The van der Waals surface area contributed by atoms with Crippen LogP contribution in [0.5, 0.6) is 5.75 Å². The molecule has 4 atom stereocenters. The van der Waals surface area contributed by atoms with E-state index in [1.54, 1.807) is 39.2 Å². The zero-order chi connectivity index (χ0) is 27.8. The number of rotatable bonds is 5. The van der Waals surface area contributed by atoms with Crippen LogP contribution in [0.2, 0.25) is 0 Å². The molecule has 0 saturated carbocycles. The standard InChI is InChI=1S/C24H29N3O9S/c1-26(2)13-6-7-14(36-37(5,34)35)16-11(13)8-10-9-12-18(27(3)4)20(29)17(23(25)32)22(31)24(12,33)21(30)15(10)19(16)28/h6-7,10,12,18,29-30,33H,8-9H2,1-5H3,(H2,25,32)/t10-,12-,18-,24-/m0/s1. The number of amides is 1. The van der Waals surface area contributed by atoms with Crippen molar-refractivity contribution in [2.45, 2.75) is 24.5 Å². The van der Waals surface area contributed by atoms with Crippen molar-refractivity contribution < 1.29 is 42.3 Å². The fourth-order valence-electron chi connectivity index (χ4n) is 5.87. The van der Waals surface area contributed by atoms with Gasteiger partial charge in [-0.1, -0.05) is 0 Å². The highest BCUT2D eigenvalue weighted by Crippen LogP contribution is 2.53. The molecular formula is C24H29N3O9S. The Balaban J connectivity index is 1.99. The zero-order valence-electron chi connectivity index (χ0n) is 21.0. The normalized spacial score (nSPS) is 27.6. The van der Waals surface area contributed by atoms with Crippen molar-refractivity contribution >= 4 is 33.3 Å². The van der Waals surface area contributed by atoms with Crippen molar-refractivity contribution in [2.75, 3.05) is 39.3 Å². The van der Waals surface area contributed by atoms with Gasteiger partial charge in [-0.15, -0.1) is 0 Å². The number of ketones is 2. The number of hydrogen-bond acceptors (Lipinski definition) is 11. The lowest BCUT2D eigenvalue weighted by Gasteiger charge is -2.50. The summed E-state index contributed by atoms with van der Waals surface area (Å²) in [6.45, 7) is 0. The van der Waals surface area contributed by atoms with Gasteiger partial charge in [-0.3, -0.25) is 19.3 Å². The average molecular weight is 536 g/mol. The number of fused-ring (bicyclic) bond motifs is 3. The first-order valence-electron chi connectivity index (χ1n) is 11.4. The Kier molecular flexibility index (Phi) is 6.17. The first-order valence-corrected chi connectivity index (χ1v) is 13.2. The Labute approximate surface area is 213 Å². The molecule has 0 spiro atoms. The van der Waals surface area contributed by atoms with Crippen LogP contribution in [-0.4, -0.2) is 92.2 Å². The molecule has 12 nitrogen and oxygen atoms in total. The maximum absolute atomic E-state index is 13.9. The van der Waals surface area contributed by atoms with Crippen molar-refractivity contribution in [2.24, 2.45) is 17.6 Å². The summed E-state index contributed by atoms with van der Waals surface area (Å²) >= 11 is 0. The molecule has 3 aliphatic rings. The van der Waals surface area contributed by atoms with Crippen LogP contribution in [0.15, 0.2) is 34.8 Å². The Hall–Kier alpha value is -3.42. The lowest BCUT2D eigenvalue weighted by atomic mass is 9.58. The summed E-state index contributed by atoms with van der Waals surface area (Å²) in [6.07, 6.45) is 0.949. The number of nitrogens with two attached hydrogens (primary N) is 1. The Morgan fingerprint density at radius 2 is 1.78 bits per heavy atom. The number of nitrogens with zero attached hydrogens (tertiary/aromatic N) is 2. The number of aliphatic hydroxyl groups is 3. The third-order valence-electron chi connectivity index (χ3n) is 7.29. The fourth-order valence-corrected chi connectivity index (χ4v) is 6.34. The molecule has 0 fully saturated rings. The minimum atomic E-state index is -4.03. The minimum Gasteiger partial charge on any atom is -0.510 e. The molecule has 0 heterocycles. The molecule has 4 rings (SSSR count).